The van der Waals surface area contributed by atoms with Gasteiger partial charge in [-0.2, -0.15) is 0 Å². The van der Waals surface area contributed by atoms with Crippen LogP contribution in [0, 0.1) is 0 Å². The van der Waals surface area contributed by atoms with Crippen LogP contribution < -0.4 is 10.6 Å². The summed E-state index contributed by atoms with van der Waals surface area (Å²) in [6.07, 6.45) is 6.01. The van der Waals surface area contributed by atoms with Gasteiger partial charge in [0.15, 0.2) is 5.82 Å². The minimum absolute atomic E-state index is 0.00506. The van der Waals surface area contributed by atoms with E-state index in [4.69, 9.17) is 0 Å². The van der Waals surface area contributed by atoms with Gasteiger partial charge in [0.25, 0.3) is 0 Å². The van der Waals surface area contributed by atoms with Crippen molar-refractivity contribution in [3.8, 4) is 11.4 Å². The first-order valence-electron chi connectivity index (χ1n) is 7.22. The number of aromatic nitrogens is 2. The van der Waals surface area contributed by atoms with Crippen LogP contribution >= 0.6 is 0 Å². The van der Waals surface area contributed by atoms with Crippen LogP contribution in [0.5, 0.6) is 0 Å². The zero-order valence-electron chi connectivity index (χ0n) is 11.7. The molecule has 0 spiro atoms. The number of rotatable bonds is 4. The highest BCUT2D eigenvalue weighted by molar-refractivity contribution is 5.90. The Balaban J connectivity index is 1.60. The summed E-state index contributed by atoms with van der Waals surface area (Å²) >= 11 is 0. The first kappa shape index (κ1) is 13.7. The summed E-state index contributed by atoms with van der Waals surface area (Å²) in [6.45, 7) is 1.01. The lowest BCUT2D eigenvalue weighted by molar-refractivity contribution is -0.116. The Morgan fingerprint density at radius 1 is 1.24 bits per heavy atom. The van der Waals surface area contributed by atoms with Gasteiger partial charge in [0.2, 0.25) is 5.91 Å². The normalized spacial score (nSPS) is 17.6. The summed E-state index contributed by atoms with van der Waals surface area (Å²) in [6, 6.07) is 10.1. The molecule has 2 aromatic rings. The summed E-state index contributed by atoms with van der Waals surface area (Å²) in [5.41, 5.74) is 1.60. The summed E-state index contributed by atoms with van der Waals surface area (Å²) < 4.78 is 0. The van der Waals surface area contributed by atoms with Crippen LogP contribution in [0.2, 0.25) is 0 Å². The quantitative estimate of drug-likeness (QED) is 0.902. The van der Waals surface area contributed by atoms with E-state index in [0.717, 1.165) is 24.9 Å². The fraction of sp³-hybridized carbons (Fsp3) is 0.312. The number of carbonyl (C=O) groups is 1. The van der Waals surface area contributed by atoms with Crippen LogP contribution in [-0.4, -0.2) is 28.5 Å². The minimum Gasteiger partial charge on any atom is -0.323 e. The first-order chi connectivity index (χ1) is 10.3. The Morgan fingerprint density at radius 3 is 2.67 bits per heavy atom. The van der Waals surface area contributed by atoms with Crippen LogP contribution in [0.4, 0.5) is 5.69 Å². The predicted octanol–water partition coefficient (Wildman–Crippen LogP) is 2.22. The molecule has 1 aliphatic rings. The SMILES string of the molecule is O=C(CC1CCCN1)Nc1cnc(-c2ccccc2)nc1. The van der Waals surface area contributed by atoms with E-state index < -0.39 is 0 Å². The molecule has 1 unspecified atom stereocenters. The molecule has 5 heteroatoms. The lowest BCUT2D eigenvalue weighted by atomic mass is 10.1. The predicted molar refractivity (Wildman–Crippen MR) is 81.7 cm³/mol. The van der Waals surface area contributed by atoms with Gasteiger partial charge < -0.3 is 10.6 Å². The van der Waals surface area contributed by atoms with Crippen molar-refractivity contribution in [3.05, 3.63) is 42.7 Å². The number of amides is 1. The second-order valence-electron chi connectivity index (χ2n) is 5.21. The molecule has 1 aromatic heterocycles. The maximum atomic E-state index is 11.9. The van der Waals surface area contributed by atoms with Crippen LogP contribution in [-0.2, 0) is 4.79 Å². The molecule has 1 aliphatic heterocycles. The smallest absolute Gasteiger partial charge is 0.226 e. The van der Waals surface area contributed by atoms with E-state index in [1.54, 1.807) is 12.4 Å². The number of anilines is 1. The molecule has 1 atom stereocenters. The highest BCUT2D eigenvalue weighted by Gasteiger charge is 2.17. The number of hydrogen-bond donors (Lipinski definition) is 2. The van der Waals surface area contributed by atoms with E-state index >= 15 is 0 Å². The number of benzene rings is 1. The Morgan fingerprint density at radius 2 is 2.00 bits per heavy atom. The van der Waals surface area contributed by atoms with Gasteiger partial charge in [0.1, 0.15) is 0 Å². The van der Waals surface area contributed by atoms with Crippen molar-refractivity contribution < 1.29 is 4.79 Å². The van der Waals surface area contributed by atoms with Gasteiger partial charge in [-0.1, -0.05) is 30.3 Å². The number of hydrogen-bond acceptors (Lipinski definition) is 4. The molecule has 0 radical (unpaired) electrons. The average Bonchev–Trinajstić information content (AvgIpc) is 3.02. The minimum atomic E-state index is 0.00506. The molecule has 1 fully saturated rings. The van der Waals surface area contributed by atoms with E-state index in [0.29, 0.717) is 24.0 Å². The molecule has 2 N–H and O–H groups in total. The number of nitrogens with one attached hydrogen (secondary N) is 2. The van der Waals surface area contributed by atoms with Crippen molar-refractivity contribution in [1.82, 2.24) is 15.3 Å². The Labute approximate surface area is 123 Å². The third-order valence-electron chi connectivity index (χ3n) is 3.56. The molecule has 1 saturated heterocycles. The average molecular weight is 282 g/mol. The highest BCUT2D eigenvalue weighted by atomic mass is 16.1. The highest BCUT2D eigenvalue weighted by Crippen LogP contribution is 2.15. The molecular weight excluding hydrogens is 264 g/mol. The van der Waals surface area contributed by atoms with Gasteiger partial charge in [0, 0.05) is 18.0 Å². The zero-order valence-corrected chi connectivity index (χ0v) is 11.7. The second kappa shape index (κ2) is 6.45. The van der Waals surface area contributed by atoms with E-state index in [9.17, 15) is 4.79 Å². The summed E-state index contributed by atoms with van der Waals surface area (Å²) in [5.74, 6) is 0.663. The topological polar surface area (TPSA) is 66.9 Å². The molecule has 0 bridgehead atoms. The van der Waals surface area contributed by atoms with E-state index in [-0.39, 0.29) is 5.91 Å². The molecule has 0 aliphatic carbocycles. The van der Waals surface area contributed by atoms with Crippen LogP contribution in [0.1, 0.15) is 19.3 Å². The number of nitrogens with zero attached hydrogens (tertiary/aromatic N) is 2. The van der Waals surface area contributed by atoms with Crippen molar-refractivity contribution in [2.24, 2.45) is 0 Å². The van der Waals surface area contributed by atoms with Crippen molar-refractivity contribution in [2.75, 3.05) is 11.9 Å². The first-order valence-corrected chi connectivity index (χ1v) is 7.22. The molecule has 108 valence electrons. The second-order valence-corrected chi connectivity index (χ2v) is 5.21. The Hall–Kier alpha value is -2.27. The fourth-order valence-corrected chi connectivity index (χ4v) is 2.50. The third kappa shape index (κ3) is 3.64. The Bertz CT molecular complexity index is 591. The van der Waals surface area contributed by atoms with E-state index in [1.807, 2.05) is 30.3 Å². The van der Waals surface area contributed by atoms with Crippen molar-refractivity contribution in [2.45, 2.75) is 25.3 Å². The molecule has 1 aromatic carbocycles. The maximum absolute atomic E-state index is 11.9. The van der Waals surface area contributed by atoms with Crippen molar-refractivity contribution >= 4 is 11.6 Å². The molecular formula is C16H18N4O. The fourth-order valence-electron chi connectivity index (χ4n) is 2.50. The number of carbonyl (C=O) groups excluding carboxylic acids is 1. The van der Waals surface area contributed by atoms with Gasteiger partial charge in [0.05, 0.1) is 18.1 Å². The molecule has 3 rings (SSSR count). The van der Waals surface area contributed by atoms with Gasteiger partial charge in [-0.25, -0.2) is 9.97 Å². The molecule has 1 amide bonds. The third-order valence-corrected chi connectivity index (χ3v) is 3.56. The summed E-state index contributed by atoms with van der Waals surface area (Å²) in [7, 11) is 0. The molecule has 21 heavy (non-hydrogen) atoms. The van der Waals surface area contributed by atoms with Gasteiger partial charge in [-0.15, -0.1) is 0 Å². The lowest BCUT2D eigenvalue weighted by Crippen LogP contribution is -2.27. The van der Waals surface area contributed by atoms with E-state index in [2.05, 4.69) is 20.6 Å². The van der Waals surface area contributed by atoms with Gasteiger partial charge in [-0.3, -0.25) is 4.79 Å². The van der Waals surface area contributed by atoms with E-state index in [1.165, 1.54) is 0 Å². The summed E-state index contributed by atoms with van der Waals surface area (Å²) in [4.78, 5) is 20.5. The molecule has 5 nitrogen and oxygen atoms in total. The standard InChI is InChI=1S/C16H18N4O/c21-15(9-13-7-4-8-17-13)20-14-10-18-16(19-11-14)12-5-2-1-3-6-12/h1-3,5-6,10-11,13,17H,4,7-9H2,(H,20,21). The monoisotopic (exact) mass is 282 g/mol. The molecule has 2 heterocycles. The zero-order chi connectivity index (χ0) is 14.5. The van der Waals surface area contributed by atoms with Crippen molar-refractivity contribution in [3.63, 3.8) is 0 Å². The lowest BCUT2D eigenvalue weighted by Gasteiger charge is -2.10. The van der Waals surface area contributed by atoms with Crippen LogP contribution in [0.25, 0.3) is 11.4 Å². The van der Waals surface area contributed by atoms with Crippen LogP contribution in [0.3, 0.4) is 0 Å². The maximum Gasteiger partial charge on any atom is 0.226 e. The Kier molecular flexibility index (Phi) is 4.21. The van der Waals surface area contributed by atoms with Crippen molar-refractivity contribution in [1.29, 1.82) is 0 Å². The van der Waals surface area contributed by atoms with Crippen LogP contribution in [0.15, 0.2) is 42.7 Å². The van der Waals surface area contributed by atoms with Gasteiger partial charge in [-0.05, 0) is 19.4 Å². The largest absolute Gasteiger partial charge is 0.323 e. The summed E-state index contributed by atoms with van der Waals surface area (Å²) in [5, 5.41) is 6.16. The van der Waals surface area contributed by atoms with Gasteiger partial charge >= 0.3 is 0 Å². The molecule has 0 saturated carbocycles.